The van der Waals surface area contributed by atoms with Crippen molar-refractivity contribution in [2.24, 2.45) is 5.10 Å². The SMILES string of the molecule is C/C(=N/NC(=O)c1ccc(Cl)cc1Cl)c1cccc(NC(=O)C(F)(F)F)c1. The molecule has 2 amide bonds. The Bertz CT molecular complexity index is 915. The van der Waals surface area contributed by atoms with Crippen LogP contribution < -0.4 is 10.7 Å². The molecule has 27 heavy (non-hydrogen) atoms. The van der Waals surface area contributed by atoms with Crippen molar-refractivity contribution >= 4 is 46.4 Å². The van der Waals surface area contributed by atoms with Crippen molar-refractivity contribution in [3.05, 3.63) is 63.6 Å². The maximum atomic E-state index is 12.3. The maximum absolute atomic E-state index is 12.3. The van der Waals surface area contributed by atoms with Crippen LogP contribution in [0.4, 0.5) is 18.9 Å². The standard InChI is InChI=1S/C17H12Cl2F3N3O2/c1-9(24-25-15(26)13-6-5-11(18)8-14(13)19)10-3-2-4-12(7-10)23-16(27)17(20,21)22/h2-8H,1H3,(H,23,27)(H,25,26)/b24-9-. The van der Waals surface area contributed by atoms with Crippen molar-refractivity contribution in [3.63, 3.8) is 0 Å². The highest BCUT2D eigenvalue weighted by atomic mass is 35.5. The number of anilines is 1. The molecule has 2 aromatic rings. The summed E-state index contributed by atoms with van der Waals surface area (Å²) in [7, 11) is 0. The summed E-state index contributed by atoms with van der Waals surface area (Å²) in [6.07, 6.45) is -5.00. The van der Waals surface area contributed by atoms with Gasteiger partial charge in [0.2, 0.25) is 0 Å². The molecular formula is C17H12Cl2F3N3O2. The second-order valence-corrected chi connectivity index (χ2v) is 6.14. The molecule has 0 saturated heterocycles. The fourth-order valence-corrected chi connectivity index (χ4v) is 2.45. The summed E-state index contributed by atoms with van der Waals surface area (Å²) in [5.41, 5.74) is 3.10. The molecule has 0 fully saturated rings. The Hall–Kier alpha value is -2.58. The van der Waals surface area contributed by atoms with E-state index in [9.17, 15) is 22.8 Å². The van der Waals surface area contributed by atoms with E-state index < -0.39 is 18.0 Å². The number of hydrogen-bond acceptors (Lipinski definition) is 3. The summed E-state index contributed by atoms with van der Waals surface area (Å²) in [4.78, 5) is 23.1. The number of hydrogen-bond donors (Lipinski definition) is 2. The van der Waals surface area contributed by atoms with Crippen LogP contribution >= 0.6 is 23.2 Å². The average Bonchev–Trinajstić information content (AvgIpc) is 2.58. The van der Waals surface area contributed by atoms with Crippen molar-refractivity contribution in [2.45, 2.75) is 13.1 Å². The number of nitrogens with one attached hydrogen (secondary N) is 2. The van der Waals surface area contributed by atoms with Crippen molar-refractivity contribution in [1.82, 2.24) is 5.43 Å². The van der Waals surface area contributed by atoms with Gasteiger partial charge in [-0.05, 0) is 42.8 Å². The quantitative estimate of drug-likeness (QED) is 0.561. The number of carbonyl (C=O) groups excluding carboxylic acids is 2. The van der Waals surface area contributed by atoms with E-state index in [1.165, 1.54) is 43.3 Å². The highest BCUT2D eigenvalue weighted by Crippen LogP contribution is 2.21. The summed E-state index contributed by atoms with van der Waals surface area (Å²) in [6, 6.07) is 9.92. The molecule has 0 atom stereocenters. The van der Waals surface area contributed by atoms with Crippen LogP contribution in [0.3, 0.4) is 0 Å². The fraction of sp³-hybridized carbons (Fsp3) is 0.118. The Morgan fingerprint density at radius 2 is 1.78 bits per heavy atom. The average molecular weight is 418 g/mol. The molecule has 0 spiro atoms. The minimum Gasteiger partial charge on any atom is -0.318 e. The summed E-state index contributed by atoms with van der Waals surface area (Å²) in [5, 5.41) is 6.15. The Balaban J connectivity index is 2.12. The van der Waals surface area contributed by atoms with Crippen molar-refractivity contribution < 1.29 is 22.8 Å². The van der Waals surface area contributed by atoms with Crippen LogP contribution in [0.2, 0.25) is 10.0 Å². The second kappa shape index (κ2) is 8.41. The van der Waals surface area contributed by atoms with Gasteiger partial charge in [-0.15, -0.1) is 0 Å². The van der Waals surface area contributed by atoms with Crippen molar-refractivity contribution in [1.29, 1.82) is 0 Å². The van der Waals surface area contributed by atoms with E-state index in [1.807, 2.05) is 0 Å². The number of nitrogens with zero attached hydrogens (tertiary/aromatic N) is 1. The third kappa shape index (κ3) is 5.70. The van der Waals surface area contributed by atoms with Crippen LogP contribution in [0.15, 0.2) is 47.6 Å². The third-order valence-electron chi connectivity index (χ3n) is 3.30. The van der Waals surface area contributed by atoms with Gasteiger partial charge in [0.1, 0.15) is 0 Å². The summed E-state index contributed by atoms with van der Waals surface area (Å²) in [5.74, 6) is -2.67. The number of rotatable bonds is 4. The summed E-state index contributed by atoms with van der Waals surface area (Å²) < 4.78 is 37.0. The highest BCUT2D eigenvalue weighted by molar-refractivity contribution is 6.36. The summed E-state index contributed by atoms with van der Waals surface area (Å²) in [6.45, 7) is 1.54. The first-order valence-corrected chi connectivity index (χ1v) is 8.12. The van der Waals surface area contributed by atoms with Gasteiger partial charge in [-0.1, -0.05) is 35.3 Å². The molecule has 0 aliphatic heterocycles. The van der Waals surface area contributed by atoms with Gasteiger partial charge in [0.25, 0.3) is 5.91 Å². The highest BCUT2D eigenvalue weighted by Gasteiger charge is 2.38. The molecule has 0 aliphatic carbocycles. The molecule has 10 heteroatoms. The molecule has 0 aliphatic rings. The predicted octanol–water partition coefficient (Wildman–Crippen LogP) is 4.65. The number of benzene rings is 2. The van der Waals surface area contributed by atoms with Crippen LogP contribution in [0.5, 0.6) is 0 Å². The Morgan fingerprint density at radius 1 is 1.07 bits per heavy atom. The largest absolute Gasteiger partial charge is 0.471 e. The van der Waals surface area contributed by atoms with Crippen LogP contribution in [-0.2, 0) is 4.79 Å². The van der Waals surface area contributed by atoms with Gasteiger partial charge < -0.3 is 5.32 Å². The van der Waals surface area contributed by atoms with Gasteiger partial charge in [0, 0.05) is 10.7 Å². The molecule has 0 heterocycles. The predicted molar refractivity (Wildman–Crippen MR) is 97.3 cm³/mol. The maximum Gasteiger partial charge on any atom is 0.471 e. The van der Waals surface area contributed by atoms with Crippen LogP contribution in [0.25, 0.3) is 0 Å². The Morgan fingerprint density at radius 3 is 2.41 bits per heavy atom. The molecule has 0 unspecified atom stereocenters. The Labute approximate surface area is 162 Å². The molecule has 2 N–H and O–H groups in total. The monoisotopic (exact) mass is 417 g/mol. The van der Waals surface area contributed by atoms with Gasteiger partial charge in [-0.2, -0.15) is 18.3 Å². The number of amides is 2. The van der Waals surface area contributed by atoms with E-state index in [0.29, 0.717) is 16.3 Å². The molecule has 2 aromatic carbocycles. The van der Waals surface area contributed by atoms with E-state index in [1.54, 1.807) is 11.4 Å². The lowest BCUT2D eigenvalue weighted by Gasteiger charge is -2.09. The first-order valence-electron chi connectivity index (χ1n) is 7.36. The lowest BCUT2D eigenvalue weighted by molar-refractivity contribution is -0.167. The number of carbonyl (C=O) groups is 2. The van der Waals surface area contributed by atoms with E-state index in [0.717, 1.165) is 0 Å². The minimum atomic E-state index is -5.00. The minimum absolute atomic E-state index is 0.0588. The van der Waals surface area contributed by atoms with Gasteiger partial charge in [0.05, 0.1) is 16.3 Å². The second-order valence-electron chi connectivity index (χ2n) is 5.29. The zero-order valence-electron chi connectivity index (χ0n) is 13.7. The van der Waals surface area contributed by atoms with E-state index in [-0.39, 0.29) is 16.3 Å². The molecule has 142 valence electrons. The molecule has 2 rings (SSSR count). The zero-order valence-corrected chi connectivity index (χ0v) is 15.2. The third-order valence-corrected chi connectivity index (χ3v) is 3.84. The molecule has 0 aromatic heterocycles. The van der Waals surface area contributed by atoms with Crippen molar-refractivity contribution in [2.75, 3.05) is 5.32 Å². The fourth-order valence-electron chi connectivity index (χ4n) is 1.96. The molecule has 0 saturated carbocycles. The molecule has 5 nitrogen and oxygen atoms in total. The molecular weight excluding hydrogens is 406 g/mol. The lowest BCUT2D eigenvalue weighted by atomic mass is 10.1. The van der Waals surface area contributed by atoms with E-state index in [2.05, 4.69) is 10.5 Å². The van der Waals surface area contributed by atoms with Gasteiger partial charge in [-0.25, -0.2) is 5.43 Å². The van der Waals surface area contributed by atoms with E-state index in [4.69, 9.17) is 23.2 Å². The van der Waals surface area contributed by atoms with Crippen LogP contribution in [0, 0.1) is 0 Å². The van der Waals surface area contributed by atoms with E-state index >= 15 is 0 Å². The van der Waals surface area contributed by atoms with Gasteiger partial charge in [-0.3, -0.25) is 9.59 Å². The normalized spacial score (nSPS) is 11.9. The lowest BCUT2D eigenvalue weighted by Crippen LogP contribution is -2.29. The number of halogens is 5. The van der Waals surface area contributed by atoms with Crippen molar-refractivity contribution in [3.8, 4) is 0 Å². The van der Waals surface area contributed by atoms with Crippen LogP contribution in [0.1, 0.15) is 22.8 Å². The smallest absolute Gasteiger partial charge is 0.318 e. The Kier molecular flexibility index (Phi) is 6.45. The van der Waals surface area contributed by atoms with Gasteiger partial charge in [0.15, 0.2) is 0 Å². The first-order chi connectivity index (χ1) is 12.6. The van der Waals surface area contributed by atoms with Crippen LogP contribution in [-0.4, -0.2) is 23.7 Å². The van der Waals surface area contributed by atoms with Gasteiger partial charge >= 0.3 is 12.1 Å². The number of alkyl halides is 3. The molecule has 0 bridgehead atoms. The number of hydrazone groups is 1. The molecule has 0 radical (unpaired) electrons. The summed E-state index contributed by atoms with van der Waals surface area (Å²) >= 11 is 11.7. The topological polar surface area (TPSA) is 70.6 Å². The zero-order chi connectivity index (χ0) is 20.2. The first kappa shape index (κ1) is 20.7.